The summed E-state index contributed by atoms with van der Waals surface area (Å²) in [5.74, 6) is -0.0667. The number of ether oxygens (including phenoxy) is 1. The second kappa shape index (κ2) is 5.19. The first-order valence-corrected chi connectivity index (χ1v) is 5.53. The van der Waals surface area contributed by atoms with Gasteiger partial charge in [0.2, 0.25) is 0 Å². The molecule has 7 nitrogen and oxygen atoms in total. The van der Waals surface area contributed by atoms with Crippen molar-refractivity contribution in [2.24, 2.45) is 0 Å². The third kappa shape index (κ3) is 2.44. The molecule has 0 saturated carbocycles. The molecule has 19 heavy (non-hydrogen) atoms. The Hall–Kier alpha value is -1.58. The van der Waals surface area contributed by atoms with Crippen LogP contribution in [0.25, 0.3) is 0 Å². The van der Waals surface area contributed by atoms with Gasteiger partial charge in [0.15, 0.2) is 18.6 Å². The Morgan fingerprint density at radius 1 is 1.47 bits per heavy atom. The molecule has 1 fully saturated rings. The Bertz CT molecular complexity index is 510. The number of hydrogen-bond donors (Lipinski definition) is 3. The standard InChI is InChI=1S/C10H13F2N3O4/c11-6-7(12)9(19-4(3-16)8(6)17)15-2-1-5(13)14-10(15)18/h1-2,4,6-9,16-17H,3H2,(H2,13,14,18)/t4-,6?,7-,8?,9-/m1/s1. The minimum absolute atomic E-state index is 0.0667. The molecule has 2 heterocycles. The normalized spacial score (nSPS) is 35.3. The maximum atomic E-state index is 13.8. The molecule has 0 radical (unpaired) electrons. The van der Waals surface area contributed by atoms with Crippen molar-refractivity contribution in [3.05, 3.63) is 22.7 Å². The van der Waals surface area contributed by atoms with E-state index < -0.39 is 43.1 Å². The molecule has 5 atom stereocenters. The molecule has 1 aromatic rings. The van der Waals surface area contributed by atoms with Crippen LogP contribution >= 0.6 is 0 Å². The summed E-state index contributed by atoms with van der Waals surface area (Å²) >= 11 is 0. The van der Waals surface area contributed by atoms with E-state index >= 15 is 0 Å². The van der Waals surface area contributed by atoms with Crippen molar-refractivity contribution >= 4 is 5.82 Å². The molecule has 1 aliphatic heterocycles. The van der Waals surface area contributed by atoms with Crippen LogP contribution in [0.2, 0.25) is 0 Å². The molecule has 1 saturated heterocycles. The number of hydrogen-bond acceptors (Lipinski definition) is 6. The highest BCUT2D eigenvalue weighted by molar-refractivity contribution is 5.23. The van der Waals surface area contributed by atoms with Crippen LogP contribution < -0.4 is 11.4 Å². The van der Waals surface area contributed by atoms with Crippen molar-refractivity contribution in [3.63, 3.8) is 0 Å². The summed E-state index contributed by atoms with van der Waals surface area (Å²) in [6, 6.07) is 1.23. The SMILES string of the molecule is Nc1ccn([C@@H]2O[C@H](CO)C(O)C(F)[C@H]2F)c(=O)n1. The van der Waals surface area contributed by atoms with E-state index in [9.17, 15) is 18.7 Å². The summed E-state index contributed by atoms with van der Waals surface area (Å²) in [6.07, 6.45) is -8.16. The number of halogens is 2. The van der Waals surface area contributed by atoms with Gasteiger partial charge in [0, 0.05) is 6.20 Å². The van der Waals surface area contributed by atoms with E-state index in [1.165, 1.54) is 6.07 Å². The third-order valence-corrected chi connectivity index (χ3v) is 2.90. The molecule has 106 valence electrons. The fourth-order valence-electron chi connectivity index (χ4n) is 1.87. The third-order valence-electron chi connectivity index (χ3n) is 2.90. The summed E-state index contributed by atoms with van der Waals surface area (Å²) in [5, 5.41) is 18.3. The van der Waals surface area contributed by atoms with Gasteiger partial charge in [-0.3, -0.25) is 4.57 Å². The van der Waals surface area contributed by atoms with Crippen LogP contribution in [0.5, 0.6) is 0 Å². The van der Waals surface area contributed by atoms with Crippen LogP contribution in [0.15, 0.2) is 17.1 Å². The van der Waals surface area contributed by atoms with Gasteiger partial charge in [-0.2, -0.15) is 4.98 Å². The highest BCUT2D eigenvalue weighted by Gasteiger charge is 2.47. The number of nitrogens with two attached hydrogens (primary N) is 1. The van der Waals surface area contributed by atoms with Crippen LogP contribution in [0.3, 0.4) is 0 Å². The zero-order chi connectivity index (χ0) is 14.2. The van der Waals surface area contributed by atoms with Gasteiger partial charge in [0.25, 0.3) is 0 Å². The Kier molecular flexibility index (Phi) is 3.78. The van der Waals surface area contributed by atoms with Gasteiger partial charge in [-0.25, -0.2) is 13.6 Å². The molecule has 9 heteroatoms. The van der Waals surface area contributed by atoms with E-state index in [1.807, 2.05) is 0 Å². The molecule has 0 aliphatic carbocycles. The van der Waals surface area contributed by atoms with E-state index in [1.54, 1.807) is 0 Å². The molecular formula is C10H13F2N3O4. The van der Waals surface area contributed by atoms with Crippen LogP contribution in [0.4, 0.5) is 14.6 Å². The molecule has 2 rings (SSSR count). The lowest BCUT2D eigenvalue weighted by molar-refractivity contribution is -0.220. The van der Waals surface area contributed by atoms with Crippen molar-refractivity contribution < 1.29 is 23.7 Å². The minimum atomic E-state index is -2.28. The Morgan fingerprint density at radius 3 is 2.74 bits per heavy atom. The molecule has 0 aromatic carbocycles. The molecule has 2 unspecified atom stereocenters. The van der Waals surface area contributed by atoms with Gasteiger partial charge < -0.3 is 20.7 Å². The summed E-state index contributed by atoms with van der Waals surface area (Å²) in [5.41, 5.74) is 4.37. The van der Waals surface area contributed by atoms with Crippen LogP contribution in [0, 0.1) is 0 Å². The number of aliphatic hydroxyl groups is 2. The fourth-order valence-corrected chi connectivity index (χ4v) is 1.87. The van der Waals surface area contributed by atoms with E-state index in [4.69, 9.17) is 15.6 Å². The maximum absolute atomic E-state index is 13.8. The molecule has 1 aliphatic rings. The monoisotopic (exact) mass is 277 g/mol. The quantitative estimate of drug-likeness (QED) is 0.623. The number of aromatic nitrogens is 2. The lowest BCUT2D eigenvalue weighted by atomic mass is 10.0. The van der Waals surface area contributed by atoms with Crippen molar-refractivity contribution in [2.75, 3.05) is 12.3 Å². The second-order valence-corrected chi connectivity index (χ2v) is 4.17. The molecule has 0 bridgehead atoms. The van der Waals surface area contributed by atoms with Crippen molar-refractivity contribution in [1.82, 2.24) is 9.55 Å². The maximum Gasteiger partial charge on any atom is 0.351 e. The Labute approximate surface area is 106 Å². The van der Waals surface area contributed by atoms with Gasteiger partial charge in [-0.05, 0) is 6.07 Å². The van der Waals surface area contributed by atoms with E-state index in [0.29, 0.717) is 0 Å². The summed E-state index contributed by atoms with van der Waals surface area (Å²) in [6.45, 7) is -0.706. The molecule has 0 spiro atoms. The highest BCUT2D eigenvalue weighted by Crippen LogP contribution is 2.31. The summed E-state index contributed by atoms with van der Waals surface area (Å²) < 4.78 is 33.1. The largest absolute Gasteiger partial charge is 0.394 e. The summed E-state index contributed by atoms with van der Waals surface area (Å²) in [4.78, 5) is 14.9. The van der Waals surface area contributed by atoms with E-state index in [2.05, 4.69) is 4.98 Å². The Balaban J connectivity index is 2.35. The van der Waals surface area contributed by atoms with Gasteiger partial charge in [-0.15, -0.1) is 0 Å². The average Bonchev–Trinajstić information content (AvgIpc) is 2.38. The van der Waals surface area contributed by atoms with Gasteiger partial charge in [-0.1, -0.05) is 0 Å². The first-order valence-electron chi connectivity index (χ1n) is 5.53. The number of anilines is 1. The van der Waals surface area contributed by atoms with Gasteiger partial charge in [0.1, 0.15) is 18.0 Å². The fraction of sp³-hybridized carbons (Fsp3) is 0.600. The topological polar surface area (TPSA) is 111 Å². The number of nitrogens with zero attached hydrogens (tertiary/aromatic N) is 2. The zero-order valence-corrected chi connectivity index (χ0v) is 9.69. The van der Waals surface area contributed by atoms with Gasteiger partial charge >= 0.3 is 5.69 Å². The van der Waals surface area contributed by atoms with Crippen molar-refractivity contribution in [3.8, 4) is 0 Å². The van der Waals surface area contributed by atoms with Crippen molar-refractivity contribution in [2.45, 2.75) is 30.8 Å². The average molecular weight is 277 g/mol. The lowest BCUT2D eigenvalue weighted by Crippen LogP contribution is -2.54. The Morgan fingerprint density at radius 2 is 2.16 bits per heavy atom. The predicted molar refractivity (Wildman–Crippen MR) is 59.7 cm³/mol. The zero-order valence-electron chi connectivity index (χ0n) is 9.69. The van der Waals surface area contributed by atoms with E-state index in [0.717, 1.165) is 10.8 Å². The molecular weight excluding hydrogens is 264 g/mol. The molecule has 1 aromatic heterocycles. The molecule has 4 N–H and O–H groups in total. The number of alkyl halides is 2. The number of aliphatic hydroxyl groups excluding tert-OH is 2. The van der Waals surface area contributed by atoms with Gasteiger partial charge in [0.05, 0.1) is 6.61 Å². The first kappa shape index (κ1) is 13.8. The molecule has 0 amide bonds. The number of nitrogen functional groups attached to an aromatic ring is 1. The predicted octanol–water partition coefficient (Wildman–Crippen LogP) is -1.25. The van der Waals surface area contributed by atoms with Crippen molar-refractivity contribution in [1.29, 1.82) is 0 Å². The van der Waals surface area contributed by atoms with Crippen LogP contribution in [-0.2, 0) is 4.74 Å². The summed E-state index contributed by atoms with van der Waals surface area (Å²) in [7, 11) is 0. The lowest BCUT2D eigenvalue weighted by Gasteiger charge is -2.38. The smallest absolute Gasteiger partial charge is 0.351 e. The first-order chi connectivity index (χ1) is 8.95. The van der Waals surface area contributed by atoms with Crippen LogP contribution in [-0.4, -0.2) is 50.9 Å². The minimum Gasteiger partial charge on any atom is -0.394 e. The highest BCUT2D eigenvalue weighted by atomic mass is 19.2. The van der Waals surface area contributed by atoms with E-state index in [-0.39, 0.29) is 5.82 Å². The second-order valence-electron chi connectivity index (χ2n) is 4.17. The van der Waals surface area contributed by atoms with Crippen LogP contribution in [0.1, 0.15) is 6.23 Å². The number of rotatable bonds is 2.